The van der Waals surface area contributed by atoms with Gasteiger partial charge in [-0.15, -0.1) is 11.8 Å². The smallest absolute Gasteiger partial charge is 0.352 e. The van der Waals surface area contributed by atoms with Crippen LogP contribution in [0.15, 0.2) is 41.6 Å². The highest BCUT2D eigenvalue weighted by Gasteiger charge is 2.53. The van der Waals surface area contributed by atoms with Gasteiger partial charge in [-0.3, -0.25) is 19.3 Å². The molecule has 7 nitrogen and oxygen atoms in total. The van der Waals surface area contributed by atoms with Gasteiger partial charge in [0.1, 0.15) is 11.7 Å². The van der Waals surface area contributed by atoms with Crippen molar-refractivity contribution in [2.75, 3.05) is 5.75 Å². The van der Waals surface area contributed by atoms with E-state index >= 15 is 0 Å². The number of β-lactam (4-membered cyclic amide) rings is 1. The Morgan fingerprint density at radius 1 is 1.29 bits per heavy atom. The summed E-state index contributed by atoms with van der Waals surface area (Å²) in [6.07, 6.45) is 0.522. The summed E-state index contributed by atoms with van der Waals surface area (Å²) in [5.41, 5.74) is 1.44. The van der Waals surface area contributed by atoms with Gasteiger partial charge in [0.05, 0.1) is 11.3 Å². The van der Waals surface area contributed by atoms with Crippen LogP contribution in [0.1, 0.15) is 38.3 Å². The van der Waals surface area contributed by atoms with Crippen molar-refractivity contribution in [2.24, 2.45) is 5.92 Å². The number of carbonyl (C=O) groups is 4. The molecule has 0 aromatic heterocycles. The second-order valence-electron chi connectivity index (χ2n) is 6.84. The van der Waals surface area contributed by atoms with Crippen LogP contribution in [0.3, 0.4) is 0 Å². The summed E-state index contributed by atoms with van der Waals surface area (Å²) >= 11 is 1.49. The average molecular weight is 402 g/mol. The minimum atomic E-state index is -1.11. The minimum absolute atomic E-state index is 0.0405. The molecule has 0 saturated carbocycles. The van der Waals surface area contributed by atoms with Crippen LogP contribution in [0.4, 0.5) is 0 Å². The number of Topliss-reactive ketones (excluding diaryl/α,β-unsaturated/α-hetero) is 1. The molecule has 0 radical (unpaired) electrons. The lowest BCUT2D eigenvalue weighted by Crippen LogP contribution is -2.62. The molecule has 3 rings (SSSR count). The van der Waals surface area contributed by atoms with Gasteiger partial charge in [-0.05, 0) is 17.6 Å². The number of carbonyl (C=O) groups excluding carboxylic acids is 3. The lowest BCUT2D eigenvalue weighted by molar-refractivity contribution is -0.154. The van der Waals surface area contributed by atoms with Gasteiger partial charge in [0.2, 0.25) is 11.8 Å². The number of fused-ring (bicyclic) bond motifs is 1. The molecule has 8 heteroatoms. The number of thioether (sulfide) groups is 1. The molecule has 1 aromatic carbocycles. The Bertz CT molecular complexity index is 851. The number of carboxylic acids is 1. The highest BCUT2D eigenvalue weighted by Crippen LogP contribution is 2.46. The second kappa shape index (κ2) is 8.18. The van der Waals surface area contributed by atoms with E-state index in [0.717, 1.165) is 5.57 Å². The maximum absolute atomic E-state index is 12.9. The molecule has 2 N–H and O–H groups in total. The molecular formula is C20H22N2O5S. The molecule has 0 bridgehead atoms. The molecular weight excluding hydrogens is 380 g/mol. The van der Waals surface area contributed by atoms with Crippen LogP contribution in [-0.2, 0) is 19.2 Å². The van der Waals surface area contributed by atoms with Crippen LogP contribution in [0, 0.1) is 5.92 Å². The summed E-state index contributed by atoms with van der Waals surface area (Å²) in [5.74, 6) is -2.10. The number of rotatable bonds is 7. The quantitative estimate of drug-likeness (QED) is 0.677. The lowest BCUT2D eigenvalue weighted by Gasteiger charge is -2.49. The molecule has 2 aliphatic rings. The van der Waals surface area contributed by atoms with E-state index in [1.807, 2.05) is 13.0 Å². The summed E-state index contributed by atoms with van der Waals surface area (Å²) in [6.45, 7) is 3.20. The fourth-order valence-electron chi connectivity index (χ4n) is 3.62. The van der Waals surface area contributed by atoms with Crippen molar-refractivity contribution in [3.05, 3.63) is 47.2 Å². The number of carboxylic acid groups (broad SMARTS) is 1. The van der Waals surface area contributed by atoms with E-state index in [-0.39, 0.29) is 35.1 Å². The third-order valence-electron chi connectivity index (χ3n) is 5.01. The Morgan fingerprint density at radius 3 is 2.54 bits per heavy atom. The number of amides is 2. The highest BCUT2D eigenvalue weighted by molar-refractivity contribution is 8.00. The summed E-state index contributed by atoms with van der Waals surface area (Å²) in [6, 6.07) is 8.05. The predicted molar refractivity (Wildman–Crippen MR) is 104 cm³/mol. The van der Waals surface area contributed by atoms with Crippen molar-refractivity contribution in [3.63, 3.8) is 0 Å². The van der Waals surface area contributed by atoms with E-state index in [4.69, 9.17) is 0 Å². The number of ketones is 1. The molecule has 148 valence electrons. The molecule has 1 fully saturated rings. The van der Waals surface area contributed by atoms with E-state index in [9.17, 15) is 24.3 Å². The first-order chi connectivity index (χ1) is 13.3. The van der Waals surface area contributed by atoms with Crippen molar-refractivity contribution in [3.8, 4) is 0 Å². The Hall–Kier alpha value is -2.61. The van der Waals surface area contributed by atoms with Gasteiger partial charge in [0.15, 0.2) is 5.78 Å². The first kappa shape index (κ1) is 20.1. The molecule has 1 aromatic rings. The third kappa shape index (κ3) is 3.69. The maximum atomic E-state index is 12.9. The van der Waals surface area contributed by atoms with Gasteiger partial charge in [0, 0.05) is 19.1 Å². The molecule has 1 saturated heterocycles. The summed E-state index contributed by atoms with van der Waals surface area (Å²) < 4.78 is 0. The lowest BCUT2D eigenvalue weighted by atomic mass is 9.87. The van der Waals surface area contributed by atoms with E-state index in [1.54, 1.807) is 24.3 Å². The Balaban J connectivity index is 1.78. The average Bonchev–Trinajstić information content (AvgIpc) is 2.69. The molecule has 0 aliphatic carbocycles. The molecule has 3 atom stereocenters. The topological polar surface area (TPSA) is 104 Å². The largest absolute Gasteiger partial charge is 0.477 e. The minimum Gasteiger partial charge on any atom is -0.477 e. The maximum Gasteiger partial charge on any atom is 0.352 e. The summed E-state index contributed by atoms with van der Waals surface area (Å²) in [4.78, 5) is 50.1. The molecule has 0 spiro atoms. The first-order valence-corrected chi connectivity index (χ1v) is 10.1. The van der Waals surface area contributed by atoms with Crippen molar-refractivity contribution in [1.82, 2.24) is 10.2 Å². The predicted octanol–water partition coefficient (Wildman–Crippen LogP) is 2.10. The second-order valence-corrected chi connectivity index (χ2v) is 7.95. The number of aliphatic carboxylic acids is 1. The fourth-order valence-corrected chi connectivity index (χ4v) is 5.14. The molecule has 28 heavy (non-hydrogen) atoms. The number of hydrogen-bond acceptors (Lipinski definition) is 5. The van der Waals surface area contributed by atoms with E-state index < -0.39 is 17.9 Å². The van der Waals surface area contributed by atoms with Gasteiger partial charge < -0.3 is 10.4 Å². The third-order valence-corrected chi connectivity index (χ3v) is 6.41. The van der Waals surface area contributed by atoms with Crippen molar-refractivity contribution >= 4 is 35.3 Å². The van der Waals surface area contributed by atoms with Gasteiger partial charge in [-0.2, -0.15) is 0 Å². The zero-order chi connectivity index (χ0) is 20.4. The standard InChI is InChI=1S/C20H22N2O5S/c1-3-12-10-28-19-14(18(25)22(19)17(12)20(26)27)9-15(24)16(21-11(2)23)13-7-5-4-6-8-13/h4-8,14,16,19H,3,9-10H2,1-2H3,(H,21,23)(H,26,27)/t14-,16?,19-/m1/s1. The van der Waals surface area contributed by atoms with Gasteiger partial charge >= 0.3 is 5.97 Å². The fraction of sp³-hybridized carbons (Fsp3) is 0.400. The van der Waals surface area contributed by atoms with E-state index in [1.165, 1.54) is 23.6 Å². The molecule has 2 aliphatic heterocycles. The normalized spacial score (nSPS) is 22.2. The van der Waals surface area contributed by atoms with Crippen LogP contribution in [0.2, 0.25) is 0 Å². The molecule has 1 unspecified atom stereocenters. The number of nitrogens with zero attached hydrogens (tertiary/aromatic N) is 1. The summed E-state index contributed by atoms with van der Waals surface area (Å²) in [7, 11) is 0. The van der Waals surface area contributed by atoms with Gasteiger partial charge in [-0.25, -0.2) is 4.79 Å². The summed E-state index contributed by atoms with van der Waals surface area (Å²) in [5, 5.41) is 11.8. The van der Waals surface area contributed by atoms with Crippen LogP contribution < -0.4 is 5.32 Å². The van der Waals surface area contributed by atoms with Gasteiger partial charge in [-0.1, -0.05) is 37.3 Å². The number of hydrogen-bond donors (Lipinski definition) is 2. The monoisotopic (exact) mass is 402 g/mol. The van der Waals surface area contributed by atoms with E-state index in [0.29, 0.717) is 17.7 Å². The van der Waals surface area contributed by atoms with Crippen molar-refractivity contribution in [1.29, 1.82) is 0 Å². The zero-order valence-corrected chi connectivity index (χ0v) is 16.5. The Morgan fingerprint density at radius 2 is 1.96 bits per heavy atom. The molecule has 2 amide bonds. The molecule has 2 heterocycles. The van der Waals surface area contributed by atoms with Crippen LogP contribution in [0.25, 0.3) is 0 Å². The number of benzene rings is 1. The zero-order valence-electron chi connectivity index (χ0n) is 15.7. The Labute approximate surface area is 167 Å². The van der Waals surface area contributed by atoms with Crippen LogP contribution in [0.5, 0.6) is 0 Å². The highest BCUT2D eigenvalue weighted by atomic mass is 32.2. The van der Waals surface area contributed by atoms with Crippen molar-refractivity contribution < 1.29 is 24.3 Å². The van der Waals surface area contributed by atoms with Gasteiger partial charge in [0.25, 0.3) is 0 Å². The van der Waals surface area contributed by atoms with E-state index in [2.05, 4.69) is 5.32 Å². The van der Waals surface area contributed by atoms with Crippen molar-refractivity contribution in [2.45, 2.75) is 38.1 Å². The first-order valence-electron chi connectivity index (χ1n) is 9.09. The van der Waals surface area contributed by atoms with Crippen LogP contribution >= 0.6 is 11.8 Å². The van der Waals surface area contributed by atoms with Crippen LogP contribution in [-0.4, -0.2) is 44.7 Å². The Kier molecular flexibility index (Phi) is 5.88. The SMILES string of the molecule is CCC1=C(C(=O)O)N2C(=O)[C@@H](CC(=O)C(NC(C)=O)c3ccccc3)[C@H]2SC1. The number of nitrogens with one attached hydrogen (secondary N) is 1.